The maximum atomic E-state index is 5.24. The monoisotopic (exact) mass is 280 g/mol. The Kier molecular flexibility index (Phi) is 8.63. The van der Waals surface area contributed by atoms with Crippen LogP contribution in [0.25, 0.3) is 0 Å². The van der Waals surface area contributed by atoms with Crippen molar-refractivity contribution in [3.8, 4) is 0 Å². The van der Waals surface area contributed by atoms with Crippen LogP contribution in [0.15, 0.2) is 23.0 Å². The van der Waals surface area contributed by atoms with Crippen LogP contribution in [0.2, 0.25) is 0 Å². The van der Waals surface area contributed by atoms with Gasteiger partial charge in [0, 0.05) is 17.6 Å². The minimum atomic E-state index is 0.415. The first-order valence-electron chi connectivity index (χ1n) is 8.17. The first-order valence-corrected chi connectivity index (χ1v) is 8.17. The van der Waals surface area contributed by atoms with Crippen LogP contribution in [0.4, 0.5) is 0 Å². The van der Waals surface area contributed by atoms with Gasteiger partial charge in [-0.2, -0.15) is 0 Å². The van der Waals surface area contributed by atoms with E-state index in [1.165, 1.54) is 18.4 Å². The largest absolute Gasteiger partial charge is 0.472 e. The van der Waals surface area contributed by atoms with Gasteiger partial charge in [-0.1, -0.05) is 27.7 Å². The summed E-state index contributed by atoms with van der Waals surface area (Å²) < 4.78 is 5.24. The summed E-state index contributed by atoms with van der Waals surface area (Å²) in [5.41, 5.74) is 1.27. The third-order valence-corrected chi connectivity index (χ3v) is 3.81. The molecule has 2 N–H and O–H groups in total. The van der Waals surface area contributed by atoms with Gasteiger partial charge in [-0.05, 0) is 50.8 Å². The number of rotatable bonds is 11. The fourth-order valence-electron chi connectivity index (χ4n) is 2.53. The third-order valence-electron chi connectivity index (χ3n) is 3.81. The summed E-state index contributed by atoms with van der Waals surface area (Å²) >= 11 is 0. The van der Waals surface area contributed by atoms with Crippen LogP contribution in [0, 0.1) is 5.92 Å². The van der Waals surface area contributed by atoms with E-state index in [0.29, 0.717) is 18.0 Å². The summed E-state index contributed by atoms with van der Waals surface area (Å²) in [6, 6.07) is 3.10. The third kappa shape index (κ3) is 6.10. The van der Waals surface area contributed by atoms with E-state index in [-0.39, 0.29) is 0 Å². The summed E-state index contributed by atoms with van der Waals surface area (Å²) in [7, 11) is 0. The van der Waals surface area contributed by atoms with Gasteiger partial charge >= 0.3 is 0 Å². The van der Waals surface area contributed by atoms with E-state index in [1.807, 2.05) is 6.26 Å². The number of furan rings is 1. The SMILES string of the molecule is CCCNC(CCC(NCCC)C(C)C)c1ccoc1. The van der Waals surface area contributed by atoms with Crippen LogP contribution in [0.5, 0.6) is 0 Å². The fraction of sp³-hybridized carbons (Fsp3) is 0.765. The van der Waals surface area contributed by atoms with Crippen LogP contribution in [-0.2, 0) is 0 Å². The molecular formula is C17H32N2O. The second kappa shape index (κ2) is 10.0. The van der Waals surface area contributed by atoms with Crippen molar-refractivity contribution in [3.63, 3.8) is 0 Å². The zero-order valence-corrected chi connectivity index (χ0v) is 13.6. The molecule has 0 aliphatic rings. The molecule has 2 atom stereocenters. The van der Waals surface area contributed by atoms with Gasteiger partial charge < -0.3 is 15.1 Å². The molecule has 3 nitrogen and oxygen atoms in total. The lowest BCUT2D eigenvalue weighted by Crippen LogP contribution is -2.35. The molecule has 2 unspecified atom stereocenters. The topological polar surface area (TPSA) is 37.2 Å². The highest BCUT2D eigenvalue weighted by molar-refractivity contribution is 5.11. The lowest BCUT2D eigenvalue weighted by Gasteiger charge is -2.25. The van der Waals surface area contributed by atoms with Crippen LogP contribution in [0.1, 0.15) is 65.0 Å². The van der Waals surface area contributed by atoms with Crippen LogP contribution in [0.3, 0.4) is 0 Å². The molecule has 0 aliphatic carbocycles. The smallest absolute Gasteiger partial charge is 0.0950 e. The zero-order chi connectivity index (χ0) is 14.8. The van der Waals surface area contributed by atoms with Crippen molar-refractivity contribution in [2.45, 2.75) is 65.5 Å². The summed E-state index contributed by atoms with van der Waals surface area (Å²) in [6.45, 7) is 11.2. The van der Waals surface area contributed by atoms with Gasteiger partial charge in [0.2, 0.25) is 0 Å². The standard InChI is InChI=1S/C17H32N2O/c1-5-10-18-16(14(3)4)7-8-17(19-11-6-2)15-9-12-20-13-15/h9,12-14,16-19H,5-8,10-11H2,1-4H3. The van der Waals surface area contributed by atoms with E-state index in [0.717, 1.165) is 25.9 Å². The van der Waals surface area contributed by atoms with Gasteiger partial charge in [0.05, 0.1) is 12.5 Å². The van der Waals surface area contributed by atoms with Gasteiger partial charge in [-0.15, -0.1) is 0 Å². The average molecular weight is 280 g/mol. The van der Waals surface area contributed by atoms with Crippen LogP contribution >= 0.6 is 0 Å². The maximum absolute atomic E-state index is 5.24. The molecule has 0 radical (unpaired) electrons. The zero-order valence-electron chi connectivity index (χ0n) is 13.6. The Morgan fingerprint density at radius 3 is 2.30 bits per heavy atom. The van der Waals surface area contributed by atoms with E-state index in [1.54, 1.807) is 6.26 Å². The van der Waals surface area contributed by atoms with E-state index in [4.69, 9.17) is 4.42 Å². The summed E-state index contributed by atoms with van der Waals surface area (Å²) in [4.78, 5) is 0. The lowest BCUT2D eigenvalue weighted by atomic mass is 9.94. The molecule has 0 amide bonds. The summed E-state index contributed by atoms with van der Waals surface area (Å²) in [6.07, 6.45) is 8.35. The number of hydrogen-bond acceptors (Lipinski definition) is 3. The van der Waals surface area contributed by atoms with Crippen molar-refractivity contribution < 1.29 is 4.42 Å². The Morgan fingerprint density at radius 1 is 1.05 bits per heavy atom. The van der Waals surface area contributed by atoms with Gasteiger partial charge in [0.25, 0.3) is 0 Å². The molecule has 116 valence electrons. The molecule has 0 aromatic carbocycles. The molecule has 0 aliphatic heterocycles. The molecule has 3 heteroatoms. The summed E-state index contributed by atoms with van der Waals surface area (Å²) in [5, 5.41) is 7.31. The van der Waals surface area contributed by atoms with E-state index < -0.39 is 0 Å². The van der Waals surface area contributed by atoms with E-state index >= 15 is 0 Å². The minimum absolute atomic E-state index is 0.415. The van der Waals surface area contributed by atoms with Crippen molar-refractivity contribution >= 4 is 0 Å². The molecule has 0 spiro atoms. The molecule has 1 aromatic heterocycles. The van der Waals surface area contributed by atoms with Crippen molar-refractivity contribution in [1.82, 2.24) is 10.6 Å². The Morgan fingerprint density at radius 2 is 1.75 bits per heavy atom. The Hall–Kier alpha value is -0.800. The number of hydrogen-bond donors (Lipinski definition) is 2. The molecule has 1 aromatic rings. The number of nitrogens with one attached hydrogen (secondary N) is 2. The highest BCUT2D eigenvalue weighted by Gasteiger charge is 2.17. The van der Waals surface area contributed by atoms with Crippen molar-refractivity contribution in [2.24, 2.45) is 5.92 Å². The van der Waals surface area contributed by atoms with Crippen molar-refractivity contribution in [1.29, 1.82) is 0 Å². The minimum Gasteiger partial charge on any atom is -0.472 e. The second-order valence-electron chi connectivity index (χ2n) is 5.95. The van der Waals surface area contributed by atoms with Gasteiger partial charge in [-0.3, -0.25) is 0 Å². The van der Waals surface area contributed by atoms with Gasteiger partial charge in [-0.25, -0.2) is 0 Å². The fourth-order valence-corrected chi connectivity index (χ4v) is 2.53. The molecule has 0 fully saturated rings. The predicted molar refractivity (Wildman–Crippen MR) is 85.9 cm³/mol. The Labute approximate surface area is 124 Å². The molecule has 20 heavy (non-hydrogen) atoms. The van der Waals surface area contributed by atoms with E-state index in [2.05, 4.69) is 44.4 Å². The molecule has 0 bridgehead atoms. The van der Waals surface area contributed by atoms with Crippen molar-refractivity contribution in [3.05, 3.63) is 24.2 Å². The molecule has 1 heterocycles. The van der Waals surface area contributed by atoms with Gasteiger partial charge in [0.15, 0.2) is 0 Å². The highest BCUT2D eigenvalue weighted by atomic mass is 16.3. The average Bonchev–Trinajstić information content (AvgIpc) is 2.95. The quantitative estimate of drug-likeness (QED) is 0.640. The molecule has 1 rings (SSSR count). The Bertz CT molecular complexity index is 322. The Balaban J connectivity index is 2.51. The normalized spacial score (nSPS) is 14.7. The predicted octanol–water partition coefficient (Wildman–Crippen LogP) is 4.12. The van der Waals surface area contributed by atoms with Gasteiger partial charge in [0.1, 0.15) is 0 Å². The first kappa shape index (κ1) is 17.3. The molecule has 0 saturated carbocycles. The van der Waals surface area contributed by atoms with Crippen LogP contribution < -0.4 is 10.6 Å². The first-order chi connectivity index (χ1) is 9.69. The van der Waals surface area contributed by atoms with Crippen LogP contribution in [-0.4, -0.2) is 19.1 Å². The maximum Gasteiger partial charge on any atom is 0.0950 e. The highest BCUT2D eigenvalue weighted by Crippen LogP contribution is 2.21. The second-order valence-corrected chi connectivity index (χ2v) is 5.95. The van der Waals surface area contributed by atoms with E-state index in [9.17, 15) is 0 Å². The summed E-state index contributed by atoms with van der Waals surface area (Å²) in [5.74, 6) is 0.678. The lowest BCUT2D eigenvalue weighted by molar-refractivity contribution is 0.346. The molecular weight excluding hydrogens is 248 g/mol. The molecule has 0 saturated heterocycles. The van der Waals surface area contributed by atoms with Crippen molar-refractivity contribution in [2.75, 3.05) is 13.1 Å².